The summed E-state index contributed by atoms with van der Waals surface area (Å²) in [5.41, 5.74) is 6.00. The maximum Gasteiger partial charge on any atom is 0.322 e. The number of hydrogen-bond acceptors (Lipinski definition) is 4. The highest BCUT2D eigenvalue weighted by atomic mass is 35.5. The van der Waals surface area contributed by atoms with E-state index in [0.717, 1.165) is 5.69 Å². The van der Waals surface area contributed by atoms with Crippen LogP contribution in [0.15, 0.2) is 24.3 Å². The summed E-state index contributed by atoms with van der Waals surface area (Å²) in [6, 6.07) is 5.38. The molecule has 0 aromatic heterocycles. The Bertz CT molecular complexity index is 316. The Morgan fingerprint density at radius 2 is 1.93 bits per heavy atom. The van der Waals surface area contributed by atoms with E-state index in [2.05, 4.69) is 5.32 Å². The number of benzene rings is 1. The number of nitrogens with one attached hydrogen (secondary N) is 1. The molecule has 0 radical (unpaired) electrons. The van der Waals surface area contributed by atoms with E-state index in [1.807, 2.05) is 0 Å². The topological polar surface area (TPSA) is 95.6 Å². The van der Waals surface area contributed by atoms with Crippen molar-refractivity contribution in [2.75, 3.05) is 11.9 Å². The quantitative estimate of drug-likeness (QED) is 0.572. The van der Waals surface area contributed by atoms with E-state index < -0.39 is 12.0 Å². The van der Waals surface area contributed by atoms with Crippen molar-refractivity contribution in [3.63, 3.8) is 0 Å². The average molecular weight is 233 g/mol. The van der Waals surface area contributed by atoms with Crippen LogP contribution in [0.5, 0.6) is 5.75 Å². The molecule has 1 atom stereocenters. The van der Waals surface area contributed by atoms with Crippen LogP contribution in [-0.4, -0.2) is 28.8 Å². The molecule has 1 rings (SSSR count). The molecule has 0 heterocycles. The van der Waals surface area contributed by atoms with Crippen LogP contribution in [0, 0.1) is 0 Å². The number of phenols is 1. The fourth-order valence-electron chi connectivity index (χ4n) is 0.894. The number of aromatic hydroxyl groups is 1. The monoisotopic (exact) mass is 232 g/mol. The second kappa shape index (κ2) is 6.10. The summed E-state index contributed by atoms with van der Waals surface area (Å²) in [5.74, 6) is -0.880. The summed E-state index contributed by atoms with van der Waals surface area (Å²) < 4.78 is 0. The van der Waals surface area contributed by atoms with Crippen molar-refractivity contribution in [3.05, 3.63) is 24.3 Å². The summed E-state index contributed by atoms with van der Waals surface area (Å²) in [6.45, 7) is 0.153. The van der Waals surface area contributed by atoms with Crippen LogP contribution < -0.4 is 11.1 Å². The molecule has 0 aliphatic rings. The summed E-state index contributed by atoms with van der Waals surface area (Å²) in [7, 11) is 0. The van der Waals surface area contributed by atoms with E-state index in [9.17, 15) is 4.79 Å². The highest BCUT2D eigenvalue weighted by molar-refractivity contribution is 5.85. The zero-order valence-electron chi connectivity index (χ0n) is 7.88. The standard InChI is InChI=1S/C9H12N2O3.ClH/c10-8(9(13)14)5-11-6-1-3-7(12)4-2-6;/h1-4,8,11-12H,5,10H2,(H,13,14);1H. The minimum atomic E-state index is -1.05. The van der Waals surface area contributed by atoms with Crippen LogP contribution in [0.25, 0.3) is 0 Å². The number of carboxylic acid groups (broad SMARTS) is 1. The van der Waals surface area contributed by atoms with E-state index in [4.69, 9.17) is 15.9 Å². The van der Waals surface area contributed by atoms with Gasteiger partial charge in [0.25, 0.3) is 0 Å². The van der Waals surface area contributed by atoms with Crippen LogP contribution in [0.3, 0.4) is 0 Å². The first kappa shape index (κ1) is 13.5. The molecule has 0 aliphatic carbocycles. The fraction of sp³-hybridized carbons (Fsp3) is 0.222. The molecule has 15 heavy (non-hydrogen) atoms. The van der Waals surface area contributed by atoms with Crippen molar-refractivity contribution in [2.45, 2.75) is 6.04 Å². The van der Waals surface area contributed by atoms with Gasteiger partial charge in [0.05, 0.1) is 0 Å². The third kappa shape index (κ3) is 4.53. The predicted molar refractivity (Wildman–Crippen MR) is 59.5 cm³/mol. The Morgan fingerprint density at radius 3 is 2.40 bits per heavy atom. The van der Waals surface area contributed by atoms with Gasteiger partial charge in [0.2, 0.25) is 0 Å². The molecule has 0 spiro atoms. The number of halogens is 1. The molecule has 0 saturated heterocycles. The van der Waals surface area contributed by atoms with Crippen molar-refractivity contribution in [1.82, 2.24) is 0 Å². The first-order chi connectivity index (χ1) is 6.59. The molecular formula is C9H13ClN2O3. The molecule has 0 bridgehead atoms. The molecule has 84 valence electrons. The lowest BCUT2D eigenvalue weighted by Crippen LogP contribution is -2.36. The number of hydrogen-bond donors (Lipinski definition) is 4. The Hall–Kier alpha value is -1.46. The lowest BCUT2D eigenvalue weighted by Gasteiger charge is -2.09. The number of carboxylic acids is 1. The third-order valence-corrected chi connectivity index (χ3v) is 1.71. The smallest absolute Gasteiger partial charge is 0.322 e. The minimum absolute atomic E-state index is 0. The lowest BCUT2D eigenvalue weighted by molar-refractivity contribution is -0.138. The van der Waals surface area contributed by atoms with E-state index in [0.29, 0.717) is 0 Å². The predicted octanol–water partition coefficient (Wildman–Crippen LogP) is 0.638. The van der Waals surface area contributed by atoms with Gasteiger partial charge in [-0.15, -0.1) is 12.4 Å². The normalized spacial score (nSPS) is 11.3. The molecule has 1 aromatic carbocycles. The molecule has 0 fully saturated rings. The SMILES string of the molecule is Cl.NC(CNc1ccc(O)cc1)C(=O)O. The molecule has 6 heteroatoms. The zero-order valence-corrected chi connectivity index (χ0v) is 8.70. The molecule has 5 nitrogen and oxygen atoms in total. The van der Waals surface area contributed by atoms with E-state index in [-0.39, 0.29) is 24.7 Å². The van der Waals surface area contributed by atoms with Gasteiger partial charge in [-0.3, -0.25) is 4.79 Å². The Kier molecular flexibility index (Phi) is 5.51. The van der Waals surface area contributed by atoms with Gasteiger partial charge >= 0.3 is 5.97 Å². The second-order valence-electron chi connectivity index (χ2n) is 2.87. The fourth-order valence-corrected chi connectivity index (χ4v) is 0.894. The summed E-state index contributed by atoms with van der Waals surface area (Å²) in [5, 5.41) is 20.3. The van der Waals surface area contributed by atoms with Gasteiger partial charge in [-0.2, -0.15) is 0 Å². The maximum atomic E-state index is 10.4. The van der Waals surface area contributed by atoms with Gasteiger partial charge in [0.15, 0.2) is 0 Å². The van der Waals surface area contributed by atoms with Crippen LogP contribution in [0.4, 0.5) is 5.69 Å². The van der Waals surface area contributed by atoms with Crippen LogP contribution in [-0.2, 0) is 4.79 Å². The number of nitrogens with two attached hydrogens (primary N) is 1. The van der Waals surface area contributed by atoms with E-state index in [1.54, 1.807) is 12.1 Å². The van der Waals surface area contributed by atoms with Gasteiger partial charge in [-0.05, 0) is 24.3 Å². The average Bonchev–Trinajstić information content (AvgIpc) is 2.16. The number of phenolic OH excluding ortho intramolecular Hbond substituents is 1. The highest BCUT2D eigenvalue weighted by Gasteiger charge is 2.09. The molecule has 1 aromatic rings. The Labute approximate surface area is 93.3 Å². The van der Waals surface area contributed by atoms with Crippen molar-refractivity contribution < 1.29 is 15.0 Å². The van der Waals surface area contributed by atoms with Crippen molar-refractivity contribution in [2.24, 2.45) is 5.73 Å². The Morgan fingerprint density at radius 1 is 1.40 bits per heavy atom. The second-order valence-corrected chi connectivity index (χ2v) is 2.87. The summed E-state index contributed by atoms with van der Waals surface area (Å²) in [4.78, 5) is 10.4. The van der Waals surface area contributed by atoms with Gasteiger partial charge in [0.1, 0.15) is 11.8 Å². The molecule has 0 saturated carbocycles. The van der Waals surface area contributed by atoms with Gasteiger partial charge in [-0.25, -0.2) is 0 Å². The zero-order chi connectivity index (χ0) is 10.6. The largest absolute Gasteiger partial charge is 0.508 e. The number of carbonyl (C=O) groups is 1. The van der Waals surface area contributed by atoms with Crippen LogP contribution in [0.1, 0.15) is 0 Å². The van der Waals surface area contributed by atoms with E-state index >= 15 is 0 Å². The van der Waals surface area contributed by atoms with Crippen LogP contribution >= 0.6 is 12.4 Å². The van der Waals surface area contributed by atoms with E-state index in [1.165, 1.54) is 12.1 Å². The summed E-state index contributed by atoms with van der Waals surface area (Å²) in [6.07, 6.45) is 0. The first-order valence-electron chi connectivity index (χ1n) is 4.11. The number of aliphatic carboxylic acids is 1. The Balaban J connectivity index is 0.00000196. The minimum Gasteiger partial charge on any atom is -0.508 e. The molecule has 0 amide bonds. The van der Waals surface area contributed by atoms with Gasteiger partial charge < -0.3 is 21.3 Å². The van der Waals surface area contributed by atoms with Crippen molar-refractivity contribution in [1.29, 1.82) is 0 Å². The molecule has 1 unspecified atom stereocenters. The number of anilines is 1. The van der Waals surface area contributed by atoms with Crippen molar-refractivity contribution >= 4 is 24.1 Å². The molecular weight excluding hydrogens is 220 g/mol. The third-order valence-electron chi connectivity index (χ3n) is 1.71. The van der Waals surface area contributed by atoms with Gasteiger partial charge in [0, 0.05) is 12.2 Å². The van der Waals surface area contributed by atoms with Crippen molar-refractivity contribution in [3.8, 4) is 5.75 Å². The highest BCUT2D eigenvalue weighted by Crippen LogP contribution is 2.13. The van der Waals surface area contributed by atoms with Gasteiger partial charge in [-0.1, -0.05) is 0 Å². The molecule has 5 N–H and O–H groups in total. The number of rotatable bonds is 4. The first-order valence-corrected chi connectivity index (χ1v) is 4.11. The lowest BCUT2D eigenvalue weighted by atomic mass is 10.2. The molecule has 0 aliphatic heterocycles. The maximum absolute atomic E-state index is 10.4. The summed E-state index contributed by atoms with van der Waals surface area (Å²) >= 11 is 0. The van der Waals surface area contributed by atoms with Crippen LogP contribution in [0.2, 0.25) is 0 Å².